The van der Waals surface area contributed by atoms with Crippen molar-refractivity contribution < 1.29 is 14.3 Å². The fourth-order valence-corrected chi connectivity index (χ4v) is 9.54. The number of benzene rings is 2. The lowest BCUT2D eigenvalue weighted by Gasteiger charge is -2.29. The highest BCUT2D eigenvalue weighted by Crippen LogP contribution is 2.36. The number of anilines is 2. The summed E-state index contributed by atoms with van der Waals surface area (Å²) in [5, 5.41) is 16.0. The molecule has 0 bridgehead atoms. The van der Waals surface area contributed by atoms with Crippen molar-refractivity contribution in [2.45, 2.75) is 77.3 Å². The van der Waals surface area contributed by atoms with Gasteiger partial charge in [0.05, 0.1) is 32.3 Å². The van der Waals surface area contributed by atoms with Crippen LogP contribution in [0.4, 0.5) is 10.3 Å². The largest absolute Gasteiger partial charge is 0.457 e. The van der Waals surface area contributed by atoms with Crippen molar-refractivity contribution in [1.29, 1.82) is 0 Å². The van der Waals surface area contributed by atoms with Gasteiger partial charge in [-0.15, -0.1) is 0 Å². The second kappa shape index (κ2) is 17.9. The Morgan fingerprint density at radius 2 is 1.24 bits per heavy atom. The molecule has 3 N–H and O–H groups in total. The van der Waals surface area contributed by atoms with Gasteiger partial charge in [-0.2, -0.15) is 5.10 Å². The maximum atomic E-state index is 11.7. The van der Waals surface area contributed by atoms with Crippen molar-refractivity contribution in [2.24, 2.45) is 18.9 Å². The number of rotatable bonds is 10. The van der Waals surface area contributed by atoms with E-state index in [0.717, 1.165) is 53.5 Å². The minimum atomic E-state index is -0.240. The molecule has 0 spiro atoms. The monoisotopic (exact) mass is 815 g/mol. The molecular formula is C44H49N9O3S2. The van der Waals surface area contributed by atoms with Crippen LogP contribution in [0.5, 0.6) is 23.0 Å². The third kappa shape index (κ3) is 9.56. The zero-order valence-electron chi connectivity index (χ0n) is 33.3. The zero-order chi connectivity index (χ0) is 40.0. The number of ether oxygens (including phenoxy) is 2. The molecule has 5 heterocycles. The second-order valence-electron chi connectivity index (χ2n) is 15.3. The van der Waals surface area contributed by atoms with Crippen LogP contribution in [0.3, 0.4) is 0 Å². The van der Waals surface area contributed by atoms with E-state index in [0.29, 0.717) is 41.1 Å². The predicted molar refractivity (Wildman–Crippen MR) is 234 cm³/mol. The van der Waals surface area contributed by atoms with E-state index in [2.05, 4.69) is 50.9 Å². The van der Waals surface area contributed by atoms with Gasteiger partial charge in [-0.05, 0) is 73.9 Å². The lowest BCUT2D eigenvalue weighted by Crippen LogP contribution is -2.30. The molecular weight excluding hydrogens is 767 g/mol. The van der Waals surface area contributed by atoms with Gasteiger partial charge < -0.3 is 25.4 Å². The quantitative estimate of drug-likeness (QED) is 0.122. The number of carbonyl (C=O) groups excluding carboxylic acids is 1. The Labute approximate surface area is 346 Å². The fraction of sp³-hybridized carbons (Fsp3) is 0.364. The molecule has 2 saturated carbocycles. The molecule has 0 aliphatic heterocycles. The molecule has 2 fully saturated rings. The number of hydrogen-bond acceptors (Lipinski definition) is 12. The van der Waals surface area contributed by atoms with Gasteiger partial charge in [0, 0.05) is 74.6 Å². The molecule has 2 aliphatic carbocycles. The number of pyridine rings is 2. The summed E-state index contributed by atoms with van der Waals surface area (Å²) in [5.41, 5.74) is 4.10. The highest BCUT2D eigenvalue weighted by molar-refractivity contribution is 7.22. The van der Waals surface area contributed by atoms with E-state index in [1.54, 1.807) is 65.1 Å². The molecule has 1 amide bonds. The highest BCUT2D eigenvalue weighted by atomic mass is 32.1. The fourth-order valence-electron chi connectivity index (χ4n) is 7.62. The van der Waals surface area contributed by atoms with E-state index < -0.39 is 0 Å². The molecule has 9 rings (SSSR count). The summed E-state index contributed by atoms with van der Waals surface area (Å²) in [6, 6.07) is 20.1. The summed E-state index contributed by atoms with van der Waals surface area (Å²) in [6.07, 6.45) is 17.4. The van der Waals surface area contributed by atoms with Crippen molar-refractivity contribution in [2.75, 3.05) is 17.7 Å². The van der Waals surface area contributed by atoms with Crippen molar-refractivity contribution in [3.63, 3.8) is 0 Å². The molecule has 4 atom stereocenters. The molecule has 7 aromatic rings. The lowest BCUT2D eigenvalue weighted by atomic mass is 9.86. The molecule has 2 aromatic carbocycles. The van der Waals surface area contributed by atoms with E-state index in [1.165, 1.54) is 51.4 Å². The minimum absolute atomic E-state index is 0.240. The van der Waals surface area contributed by atoms with Crippen LogP contribution >= 0.6 is 22.7 Å². The smallest absolute Gasteiger partial charge is 0.269 e. The van der Waals surface area contributed by atoms with E-state index in [-0.39, 0.29) is 5.91 Å². The molecule has 300 valence electrons. The summed E-state index contributed by atoms with van der Waals surface area (Å²) < 4.78 is 16.0. The zero-order valence-corrected chi connectivity index (χ0v) is 34.9. The Bertz CT molecular complexity index is 2500. The van der Waals surface area contributed by atoms with Gasteiger partial charge >= 0.3 is 0 Å². The van der Waals surface area contributed by atoms with Crippen LogP contribution < -0.4 is 25.4 Å². The van der Waals surface area contributed by atoms with Crippen molar-refractivity contribution in [3.05, 3.63) is 91.1 Å². The average Bonchev–Trinajstić information content (AvgIpc) is 3.97. The Kier molecular flexibility index (Phi) is 12.1. The molecule has 0 radical (unpaired) electrons. The van der Waals surface area contributed by atoms with Gasteiger partial charge in [0.1, 0.15) is 28.7 Å². The van der Waals surface area contributed by atoms with E-state index in [1.807, 2.05) is 55.7 Å². The molecule has 12 nitrogen and oxygen atoms in total. The van der Waals surface area contributed by atoms with Crippen LogP contribution in [0.1, 0.15) is 75.7 Å². The van der Waals surface area contributed by atoms with Crippen LogP contribution in [0.15, 0.2) is 85.5 Å². The molecule has 2 aliphatic rings. The van der Waals surface area contributed by atoms with Gasteiger partial charge in [-0.3, -0.25) is 19.4 Å². The maximum absolute atomic E-state index is 11.7. The number of fused-ring (bicyclic) bond motifs is 2. The van der Waals surface area contributed by atoms with Crippen LogP contribution in [-0.4, -0.2) is 54.8 Å². The second-order valence-corrected chi connectivity index (χ2v) is 17.3. The molecule has 4 unspecified atom stereocenters. The average molecular weight is 816 g/mol. The Balaban J connectivity index is 0.000000162. The van der Waals surface area contributed by atoms with Crippen LogP contribution in [0.2, 0.25) is 0 Å². The summed E-state index contributed by atoms with van der Waals surface area (Å²) in [6.45, 7) is 4.66. The summed E-state index contributed by atoms with van der Waals surface area (Å²) in [4.78, 5) is 29.7. The number of aryl methyl sites for hydroxylation is 1. The van der Waals surface area contributed by atoms with Crippen molar-refractivity contribution in [1.82, 2.24) is 35.0 Å². The van der Waals surface area contributed by atoms with E-state index in [9.17, 15) is 4.79 Å². The van der Waals surface area contributed by atoms with Crippen LogP contribution in [0, 0.1) is 11.8 Å². The first-order chi connectivity index (χ1) is 28.3. The number of nitrogens with one attached hydrogen (secondary N) is 3. The van der Waals surface area contributed by atoms with Crippen LogP contribution in [-0.2, 0) is 7.05 Å². The molecule has 0 saturated heterocycles. The number of aromatic nitrogens is 6. The minimum Gasteiger partial charge on any atom is -0.457 e. The van der Waals surface area contributed by atoms with Gasteiger partial charge in [-0.25, -0.2) is 9.97 Å². The first kappa shape index (κ1) is 39.2. The molecule has 14 heteroatoms. The molecule has 58 heavy (non-hydrogen) atoms. The number of thiazole rings is 2. The van der Waals surface area contributed by atoms with Crippen LogP contribution in [0.25, 0.3) is 31.7 Å². The van der Waals surface area contributed by atoms with E-state index >= 15 is 0 Å². The van der Waals surface area contributed by atoms with E-state index in [4.69, 9.17) is 19.4 Å². The summed E-state index contributed by atoms with van der Waals surface area (Å²) in [5.74, 6) is 3.98. The third-order valence-electron chi connectivity index (χ3n) is 11.0. The normalized spacial score (nSPS) is 19.2. The highest BCUT2D eigenvalue weighted by Gasteiger charge is 2.23. The van der Waals surface area contributed by atoms with Gasteiger partial charge in [0.25, 0.3) is 5.91 Å². The third-order valence-corrected chi connectivity index (χ3v) is 12.9. The maximum Gasteiger partial charge on any atom is 0.269 e. The summed E-state index contributed by atoms with van der Waals surface area (Å²) in [7, 11) is 3.47. The Morgan fingerprint density at radius 1 is 0.707 bits per heavy atom. The predicted octanol–water partition coefficient (Wildman–Crippen LogP) is 10.7. The number of amides is 1. The standard InChI is InChI=1S/C23H25N5OS.C21H24N4O2S/c1-15-5-3-4-6-19(15)26-23-27-20-8-7-17(12-22(20)30-23)29-18-9-10-24-21(11-18)16-13-25-28(2)14-16;1-13-5-3-4-6-16(13)24-21-25-17-8-7-14(12-19(17)28-21)27-15-9-10-23-18(11-15)20(26)22-2/h7-15,19H,3-6H2,1-2H3,(H,26,27);7-13,16H,3-6H2,1-2H3,(H,22,26)(H,24,25). The number of nitrogens with zero attached hydrogens (tertiary/aromatic N) is 6. The lowest BCUT2D eigenvalue weighted by molar-refractivity contribution is 0.0958. The van der Waals surface area contributed by atoms with Gasteiger partial charge in [0.2, 0.25) is 0 Å². The first-order valence-electron chi connectivity index (χ1n) is 20.1. The number of carbonyl (C=O) groups is 1. The Hall–Kier alpha value is -5.60. The van der Waals surface area contributed by atoms with Crippen molar-refractivity contribution in [3.8, 4) is 34.3 Å². The van der Waals surface area contributed by atoms with Crippen molar-refractivity contribution >= 4 is 59.3 Å². The molecule has 5 aromatic heterocycles. The first-order valence-corrected chi connectivity index (χ1v) is 21.7. The summed E-state index contributed by atoms with van der Waals surface area (Å²) >= 11 is 3.35. The van der Waals surface area contributed by atoms with Gasteiger partial charge in [-0.1, -0.05) is 62.2 Å². The topological polar surface area (TPSA) is 141 Å². The SMILES string of the molecule is CC1CCCCC1Nc1nc2ccc(Oc3ccnc(-c4cnn(C)c4)c3)cc2s1.CNC(=O)c1cc(Oc2ccc3nc(NC4CCCCC4C)sc3c2)ccn1. The van der Waals surface area contributed by atoms with Gasteiger partial charge in [0.15, 0.2) is 10.3 Å². The Morgan fingerprint density at radius 3 is 1.78 bits per heavy atom. The number of hydrogen-bond donors (Lipinski definition) is 3.